The van der Waals surface area contributed by atoms with Crippen LogP contribution in [0.2, 0.25) is 0 Å². The lowest BCUT2D eigenvalue weighted by Crippen LogP contribution is -2.25. The van der Waals surface area contributed by atoms with Crippen LogP contribution >= 0.6 is 19.6 Å². The Labute approximate surface area is 285 Å². The van der Waals surface area contributed by atoms with E-state index in [2.05, 4.69) is 24.9 Å². The number of thioether (sulfide) groups is 1. The van der Waals surface area contributed by atoms with Crippen LogP contribution in [0, 0.1) is 0 Å². The van der Waals surface area contributed by atoms with Gasteiger partial charge in [0, 0.05) is 25.2 Å². The van der Waals surface area contributed by atoms with Gasteiger partial charge in [-0.15, -0.1) is 11.8 Å². The number of hydrogen-bond acceptors (Lipinski definition) is 8. The molecule has 10 heteroatoms. The fourth-order valence-electron chi connectivity index (χ4n) is 5.47. The Morgan fingerprint density at radius 1 is 0.872 bits per heavy atom. The third-order valence-corrected chi connectivity index (χ3v) is 10.0. The zero-order valence-corrected chi connectivity index (χ0v) is 29.9. The molecular formula is C37H52NO7PS. The number of benzene rings is 3. The minimum absolute atomic E-state index is 0.132. The average Bonchev–Trinajstić information content (AvgIpc) is 3.47. The quantitative estimate of drug-likeness (QED) is 0.0774. The van der Waals surface area contributed by atoms with Crippen molar-refractivity contribution in [3.8, 4) is 17.2 Å². The number of phosphoric ester groups is 1. The first-order valence-corrected chi connectivity index (χ1v) is 19.5. The van der Waals surface area contributed by atoms with E-state index >= 15 is 0 Å². The standard InChI is InChI=1S/C37H52NO7PS/c1-4-5-6-7-8-9-10-11-12-13-22-42-37-19-15-17-32-24-33(20-21-36(32)37)43-27-35(41-3)28-44-46(39,40)45-34-18-14-16-31(23-34)26-38-25-30(2)47-29-38/h14-21,23-25,35H,4-13,22,26-29H2,1-3H3,(H,39,40). The number of unbranched alkanes of at least 4 members (excludes halogenated alkanes) is 9. The Bertz CT molecular complexity index is 1450. The highest BCUT2D eigenvalue weighted by Crippen LogP contribution is 2.44. The van der Waals surface area contributed by atoms with E-state index < -0.39 is 13.9 Å². The van der Waals surface area contributed by atoms with Crippen molar-refractivity contribution in [3.63, 3.8) is 0 Å². The summed E-state index contributed by atoms with van der Waals surface area (Å²) < 4.78 is 41.0. The molecule has 0 aromatic heterocycles. The van der Waals surface area contributed by atoms with Gasteiger partial charge in [-0.25, -0.2) is 4.57 Å². The Hall–Kier alpha value is -2.68. The fraction of sp³-hybridized carbons (Fsp3) is 0.514. The largest absolute Gasteiger partial charge is 0.527 e. The molecule has 0 saturated carbocycles. The summed E-state index contributed by atoms with van der Waals surface area (Å²) in [6.07, 6.45) is 14.5. The van der Waals surface area contributed by atoms with E-state index in [4.69, 9.17) is 23.3 Å². The molecule has 0 aliphatic carbocycles. The first-order valence-electron chi connectivity index (χ1n) is 17.0. The molecule has 0 spiro atoms. The highest BCUT2D eigenvalue weighted by Gasteiger charge is 2.26. The summed E-state index contributed by atoms with van der Waals surface area (Å²) in [5.74, 6) is 2.69. The molecule has 47 heavy (non-hydrogen) atoms. The van der Waals surface area contributed by atoms with Gasteiger partial charge in [0.25, 0.3) is 0 Å². The van der Waals surface area contributed by atoms with Crippen molar-refractivity contribution in [3.05, 3.63) is 77.3 Å². The molecule has 2 unspecified atom stereocenters. The summed E-state index contributed by atoms with van der Waals surface area (Å²) in [5.41, 5.74) is 0.973. The van der Waals surface area contributed by atoms with Crippen LogP contribution in [0.25, 0.3) is 10.8 Å². The van der Waals surface area contributed by atoms with E-state index in [0.29, 0.717) is 18.9 Å². The number of nitrogens with zero attached hydrogens (tertiary/aromatic N) is 1. The van der Waals surface area contributed by atoms with Crippen molar-refractivity contribution < 1.29 is 32.7 Å². The molecule has 3 aromatic rings. The van der Waals surface area contributed by atoms with Crippen LogP contribution in [0.4, 0.5) is 0 Å². The lowest BCUT2D eigenvalue weighted by atomic mass is 10.1. The second-order valence-corrected chi connectivity index (χ2v) is 14.7. The Morgan fingerprint density at radius 2 is 1.62 bits per heavy atom. The van der Waals surface area contributed by atoms with Gasteiger partial charge >= 0.3 is 7.82 Å². The molecular weight excluding hydrogens is 633 g/mol. The number of fused-ring (bicyclic) bond motifs is 1. The molecule has 4 rings (SSSR count). The fourth-order valence-corrected chi connectivity index (χ4v) is 7.02. The van der Waals surface area contributed by atoms with Crippen LogP contribution in [0.1, 0.15) is 83.6 Å². The second-order valence-electron chi connectivity index (χ2n) is 12.1. The van der Waals surface area contributed by atoms with Crippen molar-refractivity contribution in [1.82, 2.24) is 4.90 Å². The normalized spacial score (nSPS) is 15.0. The smallest absolute Gasteiger partial charge is 0.493 e. The van der Waals surface area contributed by atoms with E-state index in [0.717, 1.165) is 34.4 Å². The monoisotopic (exact) mass is 685 g/mol. The van der Waals surface area contributed by atoms with Gasteiger partial charge in [0.2, 0.25) is 0 Å². The molecule has 1 aliphatic heterocycles. The van der Waals surface area contributed by atoms with Crippen LogP contribution in [-0.2, 0) is 20.4 Å². The summed E-state index contributed by atoms with van der Waals surface area (Å²) in [6.45, 7) is 5.69. The molecule has 3 aromatic carbocycles. The lowest BCUT2D eigenvalue weighted by molar-refractivity contribution is 0.0161. The molecule has 1 aliphatic rings. The summed E-state index contributed by atoms with van der Waals surface area (Å²) in [6, 6.07) is 19.0. The summed E-state index contributed by atoms with van der Waals surface area (Å²) in [4.78, 5) is 13.8. The van der Waals surface area contributed by atoms with Crippen LogP contribution < -0.4 is 14.0 Å². The van der Waals surface area contributed by atoms with Crippen LogP contribution in [0.15, 0.2) is 71.8 Å². The Balaban J connectivity index is 1.18. The van der Waals surface area contributed by atoms with Crippen LogP contribution in [0.3, 0.4) is 0 Å². The van der Waals surface area contributed by atoms with Crippen LogP contribution in [0.5, 0.6) is 17.2 Å². The van der Waals surface area contributed by atoms with E-state index in [-0.39, 0.29) is 19.0 Å². The van der Waals surface area contributed by atoms with E-state index in [1.165, 1.54) is 69.8 Å². The number of allylic oxidation sites excluding steroid dienone is 1. The molecule has 0 saturated heterocycles. The van der Waals surface area contributed by atoms with Crippen molar-refractivity contribution >= 4 is 30.4 Å². The van der Waals surface area contributed by atoms with Gasteiger partial charge < -0.3 is 23.6 Å². The van der Waals surface area contributed by atoms with Gasteiger partial charge in [0.15, 0.2) is 0 Å². The molecule has 0 radical (unpaired) electrons. The molecule has 1 N–H and O–H groups in total. The third-order valence-electron chi connectivity index (χ3n) is 8.09. The van der Waals surface area contributed by atoms with Crippen molar-refractivity contribution in [2.75, 3.05) is 32.8 Å². The number of hydrogen-bond donors (Lipinski definition) is 1. The van der Waals surface area contributed by atoms with E-state index in [9.17, 15) is 9.46 Å². The molecule has 0 fully saturated rings. The van der Waals surface area contributed by atoms with Gasteiger partial charge in [0.1, 0.15) is 30.0 Å². The predicted molar refractivity (Wildman–Crippen MR) is 192 cm³/mol. The van der Waals surface area contributed by atoms with Gasteiger partial charge in [-0.05, 0) is 65.6 Å². The molecule has 0 amide bonds. The van der Waals surface area contributed by atoms with Gasteiger partial charge in [-0.3, -0.25) is 9.42 Å². The lowest BCUT2D eigenvalue weighted by Gasteiger charge is -2.19. The number of ether oxygens (including phenoxy) is 3. The molecule has 1 heterocycles. The zero-order chi connectivity index (χ0) is 33.3. The van der Waals surface area contributed by atoms with E-state index in [1.54, 1.807) is 30.0 Å². The maximum atomic E-state index is 12.7. The minimum Gasteiger partial charge on any atom is -0.493 e. The SMILES string of the molecule is CCCCCCCCCCCCOc1cccc2cc(OCC(COP(=O)(O)Oc3cccc(CN4C=C(C)SC4)c3)OC)ccc12. The van der Waals surface area contributed by atoms with Gasteiger partial charge in [0.05, 0.1) is 19.1 Å². The zero-order valence-electron chi connectivity index (χ0n) is 28.2. The second kappa shape index (κ2) is 20.0. The topological polar surface area (TPSA) is 86.7 Å². The molecule has 0 bridgehead atoms. The third kappa shape index (κ3) is 13.4. The summed E-state index contributed by atoms with van der Waals surface area (Å²) >= 11 is 1.78. The molecule has 258 valence electrons. The highest BCUT2D eigenvalue weighted by molar-refractivity contribution is 8.03. The van der Waals surface area contributed by atoms with Crippen LogP contribution in [-0.4, -0.2) is 48.7 Å². The maximum Gasteiger partial charge on any atom is 0.527 e. The number of rotatable bonds is 23. The minimum atomic E-state index is -4.38. The average molecular weight is 686 g/mol. The van der Waals surface area contributed by atoms with Crippen molar-refractivity contribution in [2.45, 2.75) is 90.7 Å². The summed E-state index contributed by atoms with van der Waals surface area (Å²) in [7, 11) is -2.87. The summed E-state index contributed by atoms with van der Waals surface area (Å²) in [5, 5.41) is 2.05. The van der Waals surface area contributed by atoms with Gasteiger partial charge in [-0.1, -0.05) is 89.0 Å². The highest BCUT2D eigenvalue weighted by atomic mass is 32.2. The molecule has 8 nitrogen and oxygen atoms in total. The first kappa shape index (κ1) is 37.1. The van der Waals surface area contributed by atoms with E-state index in [1.807, 2.05) is 42.5 Å². The predicted octanol–water partition coefficient (Wildman–Crippen LogP) is 10.1. The van der Waals surface area contributed by atoms with Crippen molar-refractivity contribution in [1.29, 1.82) is 0 Å². The number of methoxy groups -OCH3 is 1. The Kier molecular flexibility index (Phi) is 15.8. The van der Waals surface area contributed by atoms with Gasteiger partial charge in [-0.2, -0.15) is 0 Å². The molecule has 2 atom stereocenters. The Morgan fingerprint density at radius 3 is 2.34 bits per heavy atom. The first-order chi connectivity index (χ1) is 22.8. The van der Waals surface area contributed by atoms with Crippen molar-refractivity contribution in [2.24, 2.45) is 0 Å². The number of phosphoric acid groups is 1. The maximum absolute atomic E-state index is 12.7.